The van der Waals surface area contributed by atoms with E-state index in [-0.39, 0.29) is 0 Å². The Kier molecular flexibility index (Phi) is 7.17. The SMILES string of the molecule is CC=C(C)C(=O)OCC(F)(F)C(F)(F)C(F)(F)C(F)(F)C(F)(F)C(F)(F)CO. The first-order valence-electron chi connectivity index (χ1n) is 6.85. The number of aliphatic hydroxyl groups is 1. The van der Waals surface area contributed by atoms with Crippen molar-refractivity contribution >= 4 is 5.97 Å². The predicted molar refractivity (Wildman–Crippen MR) is 67.2 cm³/mol. The van der Waals surface area contributed by atoms with Crippen molar-refractivity contribution < 1.29 is 67.3 Å². The fourth-order valence-electron chi connectivity index (χ4n) is 1.43. The van der Waals surface area contributed by atoms with E-state index in [0.29, 0.717) is 0 Å². The van der Waals surface area contributed by atoms with Crippen LogP contribution in [0.3, 0.4) is 0 Å². The third-order valence-electron chi connectivity index (χ3n) is 3.44. The van der Waals surface area contributed by atoms with E-state index >= 15 is 0 Å². The molecule has 0 rings (SSSR count). The molecule has 0 unspecified atom stereocenters. The van der Waals surface area contributed by atoms with Gasteiger partial charge in [-0.2, -0.15) is 52.7 Å². The van der Waals surface area contributed by atoms with Gasteiger partial charge in [-0.25, -0.2) is 4.79 Å². The first-order chi connectivity index (χ1) is 12.2. The molecule has 28 heavy (non-hydrogen) atoms. The lowest BCUT2D eigenvalue weighted by atomic mass is 9.91. The number of carbonyl (C=O) groups excluding carboxylic acids is 1. The maximum atomic E-state index is 13.4. The topological polar surface area (TPSA) is 46.5 Å². The van der Waals surface area contributed by atoms with Gasteiger partial charge in [0, 0.05) is 5.57 Å². The van der Waals surface area contributed by atoms with Gasteiger partial charge in [-0.05, 0) is 13.8 Å². The quantitative estimate of drug-likeness (QED) is 0.328. The zero-order chi connectivity index (χ0) is 23.0. The Balaban J connectivity index is 6.05. The summed E-state index contributed by atoms with van der Waals surface area (Å²) < 4.78 is 162. The molecule has 0 aliphatic carbocycles. The summed E-state index contributed by atoms with van der Waals surface area (Å²) in [5.74, 6) is -44.8. The van der Waals surface area contributed by atoms with Crippen LogP contribution < -0.4 is 0 Å². The average molecular weight is 444 g/mol. The second-order valence-electron chi connectivity index (χ2n) is 5.41. The van der Waals surface area contributed by atoms with Crippen LogP contribution in [0.1, 0.15) is 13.8 Å². The summed E-state index contributed by atoms with van der Waals surface area (Å²) in [6.07, 6.45) is 0.902. The highest BCUT2D eigenvalue weighted by Gasteiger charge is 2.90. The first-order valence-corrected chi connectivity index (χ1v) is 6.85. The zero-order valence-electron chi connectivity index (χ0n) is 13.8. The van der Waals surface area contributed by atoms with Crippen LogP contribution in [-0.2, 0) is 9.53 Å². The van der Waals surface area contributed by atoms with Crippen LogP contribution in [0.5, 0.6) is 0 Å². The number of ether oxygens (including phenoxy) is 1. The Bertz CT molecular complexity index is 612. The van der Waals surface area contributed by atoms with E-state index in [2.05, 4.69) is 4.74 Å². The number of rotatable bonds is 9. The molecule has 1 N–H and O–H groups in total. The van der Waals surface area contributed by atoms with Gasteiger partial charge in [-0.1, -0.05) is 6.08 Å². The maximum absolute atomic E-state index is 13.4. The van der Waals surface area contributed by atoms with Crippen molar-refractivity contribution in [2.45, 2.75) is 49.4 Å². The molecule has 3 nitrogen and oxygen atoms in total. The van der Waals surface area contributed by atoms with E-state index in [4.69, 9.17) is 5.11 Å². The van der Waals surface area contributed by atoms with Crippen LogP contribution in [0.2, 0.25) is 0 Å². The molecule has 0 saturated heterocycles. The van der Waals surface area contributed by atoms with Crippen molar-refractivity contribution in [3.63, 3.8) is 0 Å². The van der Waals surface area contributed by atoms with Gasteiger partial charge < -0.3 is 9.84 Å². The lowest BCUT2D eigenvalue weighted by Gasteiger charge is -2.40. The molecular weight excluding hydrogens is 432 g/mol. The van der Waals surface area contributed by atoms with Crippen molar-refractivity contribution in [1.29, 1.82) is 0 Å². The van der Waals surface area contributed by atoms with E-state index in [9.17, 15) is 57.5 Å². The Labute approximate surface area is 148 Å². The third kappa shape index (κ3) is 3.89. The number of halogens is 12. The molecule has 0 heterocycles. The Morgan fingerprint density at radius 3 is 1.46 bits per heavy atom. The van der Waals surface area contributed by atoms with Gasteiger partial charge in [0.2, 0.25) is 0 Å². The monoisotopic (exact) mass is 444 g/mol. The molecule has 0 saturated carbocycles. The minimum Gasteiger partial charge on any atom is -0.456 e. The smallest absolute Gasteiger partial charge is 0.384 e. The fraction of sp³-hybridized carbons (Fsp3) is 0.769. The predicted octanol–water partition coefficient (Wildman–Crippen LogP) is 4.30. The molecule has 0 aromatic rings. The summed E-state index contributed by atoms with van der Waals surface area (Å²) >= 11 is 0. The van der Waals surface area contributed by atoms with E-state index in [1.165, 1.54) is 0 Å². The average Bonchev–Trinajstić information content (AvgIpc) is 2.57. The number of allylic oxidation sites excluding steroid dienone is 1. The number of hydrogen-bond acceptors (Lipinski definition) is 3. The zero-order valence-corrected chi connectivity index (χ0v) is 13.8. The molecule has 0 amide bonds. The van der Waals surface area contributed by atoms with Crippen LogP contribution >= 0.6 is 0 Å². The summed E-state index contributed by atoms with van der Waals surface area (Å²) in [5, 5.41) is 7.94. The highest BCUT2D eigenvalue weighted by Crippen LogP contribution is 2.59. The molecule has 0 aliphatic heterocycles. The second kappa shape index (κ2) is 7.63. The minimum absolute atomic E-state index is 0.495. The number of aliphatic hydroxyl groups excluding tert-OH is 1. The van der Waals surface area contributed by atoms with Gasteiger partial charge in [0.1, 0.15) is 6.61 Å². The van der Waals surface area contributed by atoms with Gasteiger partial charge >= 0.3 is 41.5 Å². The van der Waals surface area contributed by atoms with Crippen LogP contribution in [0.25, 0.3) is 0 Å². The Hall–Kier alpha value is -1.67. The highest BCUT2D eigenvalue weighted by molar-refractivity contribution is 5.87. The largest absolute Gasteiger partial charge is 0.456 e. The standard InChI is InChI=1S/C13H12F12O3/c1-3-6(2)7(27)28-5-9(16,17)11(20,21)13(24,25)12(22,23)10(18,19)8(14,15)4-26/h3,26H,4-5H2,1-2H3. The van der Waals surface area contributed by atoms with Gasteiger partial charge in [0.05, 0.1) is 0 Å². The van der Waals surface area contributed by atoms with E-state index in [0.717, 1.165) is 19.9 Å². The van der Waals surface area contributed by atoms with Gasteiger partial charge in [-0.3, -0.25) is 0 Å². The van der Waals surface area contributed by atoms with Crippen molar-refractivity contribution in [3.05, 3.63) is 11.6 Å². The van der Waals surface area contributed by atoms with Crippen LogP contribution in [0.15, 0.2) is 11.6 Å². The van der Waals surface area contributed by atoms with E-state index in [1.807, 2.05) is 0 Å². The van der Waals surface area contributed by atoms with Crippen molar-refractivity contribution in [3.8, 4) is 0 Å². The van der Waals surface area contributed by atoms with Crippen molar-refractivity contribution in [2.24, 2.45) is 0 Å². The number of alkyl halides is 12. The molecule has 0 spiro atoms. The third-order valence-corrected chi connectivity index (χ3v) is 3.44. The summed E-state index contributed by atoms with van der Waals surface area (Å²) in [7, 11) is 0. The van der Waals surface area contributed by atoms with Crippen molar-refractivity contribution in [2.75, 3.05) is 13.2 Å². The molecule has 0 aromatic heterocycles. The molecule has 0 bridgehead atoms. The molecule has 0 aliphatic rings. The molecule has 0 fully saturated rings. The first kappa shape index (κ1) is 26.3. The lowest BCUT2D eigenvalue weighted by molar-refractivity contribution is -0.428. The molecule has 166 valence electrons. The lowest BCUT2D eigenvalue weighted by Crippen LogP contribution is -2.71. The minimum atomic E-state index is -7.77. The summed E-state index contributed by atoms with van der Waals surface area (Å²) in [5.41, 5.74) is -0.495. The van der Waals surface area contributed by atoms with E-state index in [1.54, 1.807) is 0 Å². The Morgan fingerprint density at radius 1 is 0.786 bits per heavy atom. The summed E-state index contributed by atoms with van der Waals surface area (Å²) in [4.78, 5) is 11.1. The number of esters is 1. The fourth-order valence-corrected chi connectivity index (χ4v) is 1.43. The highest BCUT2D eigenvalue weighted by atomic mass is 19.4. The van der Waals surface area contributed by atoms with Gasteiger partial charge in [0.25, 0.3) is 0 Å². The summed E-state index contributed by atoms with van der Waals surface area (Å²) in [6.45, 7) is -4.11. The van der Waals surface area contributed by atoms with Crippen LogP contribution in [-0.4, -0.2) is 59.8 Å². The van der Waals surface area contributed by atoms with E-state index < -0.39 is 60.3 Å². The number of hydrogen-bond donors (Lipinski definition) is 1. The Morgan fingerprint density at radius 2 is 1.14 bits per heavy atom. The summed E-state index contributed by atoms with van der Waals surface area (Å²) in [6, 6.07) is 0. The molecule has 0 radical (unpaired) electrons. The number of carbonyl (C=O) groups is 1. The molecule has 0 atom stereocenters. The van der Waals surface area contributed by atoms with Crippen LogP contribution in [0.4, 0.5) is 52.7 Å². The van der Waals surface area contributed by atoms with Gasteiger partial charge in [0.15, 0.2) is 6.61 Å². The second-order valence-corrected chi connectivity index (χ2v) is 5.41. The van der Waals surface area contributed by atoms with Gasteiger partial charge in [-0.15, -0.1) is 0 Å². The normalized spacial score (nSPS) is 15.6. The van der Waals surface area contributed by atoms with Crippen LogP contribution in [0, 0.1) is 0 Å². The van der Waals surface area contributed by atoms with Crippen molar-refractivity contribution in [1.82, 2.24) is 0 Å². The molecular formula is C13H12F12O3. The maximum Gasteiger partial charge on any atom is 0.384 e. The molecule has 15 heteroatoms. The molecule has 0 aromatic carbocycles.